The lowest BCUT2D eigenvalue weighted by molar-refractivity contribution is -0.131. The molecule has 2 rings (SSSR count). The van der Waals surface area contributed by atoms with Gasteiger partial charge in [-0.2, -0.15) is 0 Å². The average molecular weight is 358 g/mol. The number of aliphatic carboxylic acids is 1. The second-order valence-corrected chi connectivity index (χ2v) is 6.63. The molecule has 0 heterocycles. The van der Waals surface area contributed by atoms with Crippen molar-refractivity contribution in [2.24, 2.45) is 5.92 Å². The predicted molar refractivity (Wildman–Crippen MR) is 97.4 cm³/mol. The first-order valence-corrected chi connectivity index (χ1v) is 8.19. The zero-order valence-electron chi connectivity index (χ0n) is 14.7. The number of hydrogen-bond acceptors (Lipinski definition) is 4. The summed E-state index contributed by atoms with van der Waals surface area (Å²) in [7, 11) is 0. The highest BCUT2D eigenvalue weighted by Gasteiger charge is 2.32. The zero-order valence-corrected chi connectivity index (χ0v) is 14.7. The molecule has 0 radical (unpaired) electrons. The summed E-state index contributed by atoms with van der Waals surface area (Å²) in [5.41, 5.74) is 1.57. The van der Waals surface area contributed by atoms with E-state index in [1.807, 2.05) is 19.9 Å². The van der Waals surface area contributed by atoms with Crippen LogP contribution in [0, 0.1) is 5.92 Å². The van der Waals surface area contributed by atoms with E-state index in [9.17, 15) is 24.9 Å². The van der Waals surface area contributed by atoms with Gasteiger partial charge >= 0.3 is 11.9 Å². The van der Waals surface area contributed by atoms with Crippen molar-refractivity contribution in [2.45, 2.75) is 32.6 Å². The van der Waals surface area contributed by atoms with Crippen molar-refractivity contribution in [1.82, 2.24) is 0 Å². The Hall–Kier alpha value is -3.02. The molecule has 0 spiro atoms. The monoisotopic (exact) mass is 358 g/mol. The smallest absolute Gasteiger partial charge is 0.340 e. The number of phenols is 2. The van der Waals surface area contributed by atoms with Crippen molar-refractivity contribution in [2.75, 3.05) is 0 Å². The lowest BCUT2D eigenvalue weighted by atomic mass is 9.73. The van der Waals surface area contributed by atoms with E-state index in [0.717, 1.165) is 36.1 Å². The summed E-state index contributed by atoms with van der Waals surface area (Å²) in [5.74, 6) is -3.95. The molecule has 0 aliphatic heterocycles. The van der Waals surface area contributed by atoms with Gasteiger partial charge in [-0.3, -0.25) is 0 Å². The third-order valence-electron chi connectivity index (χ3n) is 4.68. The van der Waals surface area contributed by atoms with Crippen molar-refractivity contribution < 1.29 is 30.0 Å². The maximum atomic E-state index is 11.7. The maximum Gasteiger partial charge on any atom is 0.340 e. The van der Waals surface area contributed by atoms with E-state index in [2.05, 4.69) is 6.58 Å². The Kier molecular flexibility index (Phi) is 5.55. The molecule has 0 bridgehead atoms. The van der Waals surface area contributed by atoms with Crippen molar-refractivity contribution in [3.63, 3.8) is 0 Å². The predicted octanol–water partition coefficient (Wildman–Crippen LogP) is 3.91. The Balaban J connectivity index is 2.71. The molecule has 1 aromatic rings. The minimum Gasteiger partial charge on any atom is -0.507 e. The third kappa shape index (κ3) is 3.79. The fourth-order valence-electron chi connectivity index (χ4n) is 3.44. The number of aromatic carboxylic acids is 1. The Morgan fingerprint density at radius 1 is 1.27 bits per heavy atom. The highest BCUT2D eigenvalue weighted by molar-refractivity contribution is 5.98. The first-order chi connectivity index (χ1) is 12.1. The van der Waals surface area contributed by atoms with Gasteiger partial charge in [-0.05, 0) is 50.3 Å². The summed E-state index contributed by atoms with van der Waals surface area (Å²) < 4.78 is 0. The Bertz CT molecular complexity index is 831. The highest BCUT2D eigenvalue weighted by Crippen LogP contribution is 2.48. The van der Waals surface area contributed by atoms with Crippen LogP contribution in [-0.2, 0) is 4.79 Å². The van der Waals surface area contributed by atoms with Crippen LogP contribution < -0.4 is 0 Å². The van der Waals surface area contributed by atoms with Crippen molar-refractivity contribution >= 4 is 18.0 Å². The van der Waals surface area contributed by atoms with E-state index in [1.165, 1.54) is 6.07 Å². The van der Waals surface area contributed by atoms with Gasteiger partial charge in [0.15, 0.2) is 0 Å². The van der Waals surface area contributed by atoms with Crippen LogP contribution >= 0.6 is 0 Å². The largest absolute Gasteiger partial charge is 0.507 e. The standard InChI is InChI=1S/C20H22O6/c1-10(2)13-6-4-11(3)8-14(13)18-15(21)9-12(5-7-16(22)23)17(19(18)24)20(25)26/h5,7-9,13-14,21,24H,1,4,6H2,2-3H3,(H,22,23)(H,25,26)/b7-5+/t13-,14+/m0/s1. The molecule has 138 valence electrons. The van der Waals surface area contributed by atoms with Gasteiger partial charge < -0.3 is 20.4 Å². The third-order valence-corrected chi connectivity index (χ3v) is 4.68. The summed E-state index contributed by atoms with van der Waals surface area (Å²) in [5, 5.41) is 39.4. The average Bonchev–Trinajstić information content (AvgIpc) is 2.51. The number of carbonyl (C=O) groups is 2. The van der Waals surface area contributed by atoms with Crippen LogP contribution in [0.3, 0.4) is 0 Å². The summed E-state index contributed by atoms with van der Waals surface area (Å²) in [6.07, 6.45) is 5.34. The van der Waals surface area contributed by atoms with E-state index in [-0.39, 0.29) is 22.8 Å². The molecular weight excluding hydrogens is 336 g/mol. The minimum absolute atomic E-state index is 0.0439. The van der Waals surface area contributed by atoms with E-state index in [1.54, 1.807) is 0 Å². The van der Waals surface area contributed by atoms with Gasteiger partial charge in [0.1, 0.15) is 17.1 Å². The second kappa shape index (κ2) is 7.47. The molecule has 6 heteroatoms. The number of benzene rings is 1. The van der Waals surface area contributed by atoms with E-state index in [0.29, 0.717) is 0 Å². The number of hydrogen-bond donors (Lipinski definition) is 4. The van der Waals surface area contributed by atoms with Crippen molar-refractivity contribution in [3.05, 3.63) is 52.6 Å². The lowest BCUT2D eigenvalue weighted by Crippen LogP contribution is -2.18. The van der Waals surface area contributed by atoms with Gasteiger partial charge in [-0.1, -0.05) is 23.8 Å². The fraction of sp³-hybridized carbons (Fsp3) is 0.300. The van der Waals surface area contributed by atoms with Crippen LogP contribution in [0.1, 0.15) is 54.1 Å². The molecule has 1 aromatic carbocycles. The summed E-state index contributed by atoms with van der Waals surface area (Å²) in [6, 6.07) is 1.17. The molecule has 26 heavy (non-hydrogen) atoms. The van der Waals surface area contributed by atoms with E-state index in [4.69, 9.17) is 5.11 Å². The molecule has 0 fully saturated rings. The van der Waals surface area contributed by atoms with E-state index < -0.39 is 29.2 Å². The zero-order chi connectivity index (χ0) is 19.6. The molecule has 0 aromatic heterocycles. The molecule has 6 nitrogen and oxygen atoms in total. The molecule has 0 saturated heterocycles. The number of carboxylic acids is 2. The van der Waals surface area contributed by atoms with Gasteiger partial charge in [0.05, 0.1) is 0 Å². The summed E-state index contributed by atoms with van der Waals surface area (Å²) >= 11 is 0. The number of allylic oxidation sites excluding steroid dienone is 3. The van der Waals surface area contributed by atoms with Crippen LogP contribution in [0.2, 0.25) is 0 Å². The maximum absolute atomic E-state index is 11.7. The SMILES string of the molecule is C=C(C)[C@@H]1CCC(C)=C[C@H]1c1c(O)cc(/C=C/C(=O)O)c(C(=O)O)c1O. The van der Waals surface area contributed by atoms with E-state index >= 15 is 0 Å². The molecule has 0 amide bonds. The van der Waals surface area contributed by atoms with Crippen LogP contribution in [0.5, 0.6) is 11.5 Å². The Labute approximate surface area is 151 Å². The minimum atomic E-state index is -1.41. The van der Waals surface area contributed by atoms with Crippen molar-refractivity contribution in [1.29, 1.82) is 0 Å². The molecule has 0 saturated carbocycles. The Morgan fingerprint density at radius 2 is 1.92 bits per heavy atom. The summed E-state index contributed by atoms with van der Waals surface area (Å²) in [4.78, 5) is 22.4. The normalized spacial score (nSPS) is 20.0. The van der Waals surface area contributed by atoms with Crippen LogP contribution in [-0.4, -0.2) is 32.4 Å². The van der Waals surface area contributed by atoms with Crippen LogP contribution in [0.15, 0.2) is 35.9 Å². The fourth-order valence-corrected chi connectivity index (χ4v) is 3.44. The van der Waals surface area contributed by atoms with Gasteiger partial charge in [0, 0.05) is 17.6 Å². The molecule has 1 aliphatic carbocycles. The number of rotatable bonds is 5. The quantitative estimate of drug-likeness (QED) is 0.468. The van der Waals surface area contributed by atoms with Gasteiger partial charge in [-0.25, -0.2) is 9.59 Å². The van der Waals surface area contributed by atoms with Crippen LogP contribution in [0.25, 0.3) is 6.08 Å². The topological polar surface area (TPSA) is 115 Å². The second-order valence-electron chi connectivity index (χ2n) is 6.63. The van der Waals surface area contributed by atoms with Gasteiger partial charge in [-0.15, -0.1) is 0 Å². The van der Waals surface area contributed by atoms with Crippen molar-refractivity contribution in [3.8, 4) is 11.5 Å². The highest BCUT2D eigenvalue weighted by atomic mass is 16.4. The molecular formula is C20H22O6. The van der Waals surface area contributed by atoms with Crippen LogP contribution in [0.4, 0.5) is 0 Å². The van der Waals surface area contributed by atoms with Gasteiger partial charge in [0.2, 0.25) is 0 Å². The Morgan fingerprint density at radius 3 is 2.46 bits per heavy atom. The number of phenolic OH excluding ortho intramolecular Hbond substituents is 1. The van der Waals surface area contributed by atoms with Gasteiger partial charge in [0.25, 0.3) is 0 Å². The first kappa shape index (κ1) is 19.3. The molecule has 0 unspecified atom stereocenters. The lowest BCUT2D eigenvalue weighted by Gasteiger charge is -2.31. The summed E-state index contributed by atoms with van der Waals surface area (Å²) in [6.45, 7) is 7.78. The number of carboxylic acid groups (broad SMARTS) is 2. The molecule has 2 atom stereocenters. The molecule has 4 N–H and O–H groups in total. The first-order valence-electron chi connectivity index (χ1n) is 8.19. The molecule has 1 aliphatic rings. The number of aromatic hydroxyl groups is 2.